The fourth-order valence-corrected chi connectivity index (χ4v) is 1.96. The molecule has 1 aromatic carbocycles. The molecule has 0 fully saturated rings. The van der Waals surface area contributed by atoms with Crippen molar-refractivity contribution in [2.45, 2.75) is 4.90 Å². The standard InChI is InChI=1S/C10H12O3S/c11-3-6-14-8-1-2-9-10(7-8)13-5-4-12-9/h1-2,7,11H,3-6H2. The maximum Gasteiger partial charge on any atom is 0.162 e. The number of ether oxygens (including phenoxy) is 2. The zero-order valence-corrected chi connectivity index (χ0v) is 8.55. The third-order valence-corrected chi connectivity index (χ3v) is 2.85. The molecule has 4 heteroatoms. The lowest BCUT2D eigenvalue weighted by Gasteiger charge is -2.18. The van der Waals surface area contributed by atoms with Crippen LogP contribution in [0.4, 0.5) is 0 Å². The Balaban J connectivity index is 2.12. The van der Waals surface area contributed by atoms with Crippen LogP contribution in [0.2, 0.25) is 0 Å². The number of aliphatic hydroxyl groups is 1. The maximum atomic E-state index is 8.69. The molecule has 2 rings (SSSR count). The second-order valence-corrected chi connectivity index (χ2v) is 4.05. The molecule has 76 valence electrons. The molecule has 0 spiro atoms. The smallest absolute Gasteiger partial charge is 0.162 e. The van der Waals surface area contributed by atoms with Crippen molar-refractivity contribution in [2.24, 2.45) is 0 Å². The van der Waals surface area contributed by atoms with Crippen LogP contribution in [-0.2, 0) is 0 Å². The van der Waals surface area contributed by atoms with E-state index < -0.39 is 0 Å². The molecule has 1 heterocycles. The summed E-state index contributed by atoms with van der Waals surface area (Å²) in [6.45, 7) is 1.43. The molecule has 1 aromatic rings. The summed E-state index contributed by atoms with van der Waals surface area (Å²) >= 11 is 1.61. The Hall–Kier alpha value is -0.870. The topological polar surface area (TPSA) is 38.7 Å². The third kappa shape index (κ3) is 2.13. The van der Waals surface area contributed by atoms with Gasteiger partial charge < -0.3 is 14.6 Å². The second kappa shape index (κ2) is 4.57. The van der Waals surface area contributed by atoms with Crippen molar-refractivity contribution in [3.63, 3.8) is 0 Å². The molecule has 0 unspecified atom stereocenters. The second-order valence-electron chi connectivity index (χ2n) is 2.88. The molecular weight excluding hydrogens is 200 g/mol. The summed E-state index contributed by atoms with van der Waals surface area (Å²) in [5.74, 6) is 2.32. The van der Waals surface area contributed by atoms with E-state index in [1.165, 1.54) is 0 Å². The zero-order valence-electron chi connectivity index (χ0n) is 7.73. The van der Waals surface area contributed by atoms with Crippen LogP contribution in [0.25, 0.3) is 0 Å². The Labute approximate surface area is 87.0 Å². The Morgan fingerprint density at radius 2 is 2.00 bits per heavy atom. The molecule has 0 bridgehead atoms. The van der Waals surface area contributed by atoms with Gasteiger partial charge >= 0.3 is 0 Å². The molecule has 1 aliphatic heterocycles. The Morgan fingerprint density at radius 1 is 1.21 bits per heavy atom. The van der Waals surface area contributed by atoms with Crippen LogP contribution in [0.15, 0.2) is 23.1 Å². The predicted molar refractivity (Wildman–Crippen MR) is 55.2 cm³/mol. The highest BCUT2D eigenvalue weighted by Gasteiger charge is 2.11. The first kappa shape index (κ1) is 9.68. The normalized spacial score (nSPS) is 14.1. The first-order chi connectivity index (χ1) is 6.90. The van der Waals surface area contributed by atoms with E-state index in [0.29, 0.717) is 19.0 Å². The summed E-state index contributed by atoms with van der Waals surface area (Å²) < 4.78 is 10.8. The van der Waals surface area contributed by atoms with Gasteiger partial charge in [0.25, 0.3) is 0 Å². The van der Waals surface area contributed by atoms with Gasteiger partial charge in [-0.2, -0.15) is 0 Å². The van der Waals surface area contributed by atoms with Crippen LogP contribution >= 0.6 is 11.8 Å². The SMILES string of the molecule is OCCSc1ccc2c(c1)OCCO2. The van der Waals surface area contributed by atoms with Gasteiger partial charge in [0.15, 0.2) is 11.5 Å². The molecule has 0 atom stereocenters. The van der Waals surface area contributed by atoms with Gasteiger partial charge in [0.2, 0.25) is 0 Å². The minimum absolute atomic E-state index is 0.194. The monoisotopic (exact) mass is 212 g/mol. The van der Waals surface area contributed by atoms with Crippen LogP contribution in [0, 0.1) is 0 Å². The van der Waals surface area contributed by atoms with E-state index in [0.717, 1.165) is 16.4 Å². The summed E-state index contributed by atoms with van der Waals surface area (Å²) in [7, 11) is 0. The van der Waals surface area contributed by atoms with E-state index in [2.05, 4.69) is 0 Å². The molecule has 0 aliphatic carbocycles. The average molecular weight is 212 g/mol. The van der Waals surface area contributed by atoms with E-state index in [9.17, 15) is 0 Å². The number of hydrogen-bond donors (Lipinski definition) is 1. The Morgan fingerprint density at radius 3 is 2.79 bits per heavy atom. The summed E-state index contributed by atoms with van der Waals surface area (Å²) in [6, 6.07) is 5.84. The number of fused-ring (bicyclic) bond motifs is 1. The highest BCUT2D eigenvalue weighted by molar-refractivity contribution is 7.99. The van der Waals surface area contributed by atoms with Crippen LogP contribution in [0.1, 0.15) is 0 Å². The van der Waals surface area contributed by atoms with Gasteiger partial charge in [-0.3, -0.25) is 0 Å². The minimum Gasteiger partial charge on any atom is -0.486 e. The van der Waals surface area contributed by atoms with Crippen LogP contribution in [0.3, 0.4) is 0 Å². The van der Waals surface area contributed by atoms with Gasteiger partial charge in [-0.25, -0.2) is 0 Å². The molecular formula is C10H12O3S. The fourth-order valence-electron chi connectivity index (χ4n) is 1.28. The fraction of sp³-hybridized carbons (Fsp3) is 0.400. The van der Waals surface area contributed by atoms with E-state index in [4.69, 9.17) is 14.6 Å². The molecule has 1 N–H and O–H groups in total. The molecule has 0 radical (unpaired) electrons. The predicted octanol–water partition coefficient (Wildman–Crippen LogP) is 1.54. The maximum absolute atomic E-state index is 8.69. The van der Waals surface area contributed by atoms with Gasteiger partial charge in [0.1, 0.15) is 13.2 Å². The van der Waals surface area contributed by atoms with Crippen LogP contribution in [0.5, 0.6) is 11.5 Å². The van der Waals surface area contributed by atoms with Crippen LogP contribution < -0.4 is 9.47 Å². The lowest BCUT2D eigenvalue weighted by Crippen LogP contribution is -2.15. The van der Waals surface area contributed by atoms with Gasteiger partial charge in [-0.15, -0.1) is 11.8 Å². The van der Waals surface area contributed by atoms with Gasteiger partial charge in [-0.05, 0) is 18.2 Å². The Bertz CT molecular complexity index is 314. The van der Waals surface area contributed by atoms with Gasteiger partial charge in [-0.1, -0.05) is 0 Å². The molecule has 0 saturated carbocycles. The largest absolute Gasteiger partial charge is 0.486 e. The first-order valence-electron chi connectivity index (χ1n) is 4.53. The van der Waals surface area contributed by atoms with Crippen molar-refractivity contribution in [2.75, 3.05) is 25.6 Å². The zero-order chi connectivity index (χ0) is 9.80. The van der Waals surface area contributed by atoms with Crippen molar-refractivity contribution in [3.05, 3.63) is 18.2 Å². The third-order valence-electron chi connectivity index (χ3n) is 1.87. The summed E-state index contributed by atoms with van der Waals surface area (Å²) in [4.78, 5) is 1.10. The number of thioether (sulfide) groups is 1. The lowest BCUT2D eigenvalue weighted by atomic mass is 10.3. The number of aliphatic hydroxyl groups excluding tert-OH is 1. The highest BCUT2D eigenvalue weighted by Crippen LogP contribution is 2.33. The van der Waals surface area contributed by atoms with Crippen molar-refractivity contribution < 1.29 is 14.6 Å². The van der Waals surface area contributed by atoms with Crippen molar-refractivity contribution in [1.29, 1.82) is 0 Å². The van der Waals surface area contributed by atoms with Crippen molar-refractivity contribution >= 4 is 11.8 Å². The summed E-state index contributed by atoms with van der Waals surface area (Å²) in [5, 5.41) is 8.69. The van der Waals surface area contributed by atoms with Gasteiger partial charge in [0.05, 0.1) is 6.61 Å². The van der Waals surface area contributed by atoms with E-state index in [-0.39, 0.29) is 6.61 Å². The van der Waals surface area contributed by atoms with Crippen molar-refractivity contribution in [3.8, 4) is 11.5 Å². The summed E-state index contributed by atoms with van der Waals surface area (Å²) in [5.41, 5.74) is 0. The van der Waals surface area contributed by atoms with E-state index >= 15 is 0 Å². The van der Waals surface area contributed by atoms with E-state index in [1.807, 2.05) is 18.2 Å². The molecule has 0 amide bonds. The quantitative estimate of drug-likeness (QED) is 0.771. The first-order valence-corrected chi connectivity index (χ1v) is 5.52. The minimum atomic E-state index is 0.194. The lowest BCUT2D eigenvalue weighted by molar-refractivity contribution is 0.171. The average Bonchev–Trinajstić information content (AvgIpc) is 2.26. The van der Waals surface area contributed by atoms with E-state index in [1.54, 1.807) is 11.8 Å². The highest BCUT2D eigenvalue weighted by atomic mass is 32.2. The number of rotatable bonds is 3. The molecule has 0 saturated heterocycles. The number of hydrogen-bond acceptors (Lipinski definition) is 4. The summed E-state index contributed by atoms with van der Waals surface area (Å²) in [6.07, 6.45) is 0. The van der Waals surface area contributed by atoms with Crippen molar-refractivity contribution in [1.82, 2.24) is 0 Å². The molecule has 1 aliphatic rings. The molecule has 14 heavy (non-hydrogen) atoms. The molecule has 0 aromatic heterocycles. The van der Waals surface area contributed by atoms with Crippen LogP contribution in [-0.4, -0.2) is 30.7 Å². The Kier molecular flexibility index (Phi) is 3.16. The molecule has 3 nitrogen and oxygen atoms in total. The number of benzene rings is 1. The van der Waals surface area contributed by atoms with Gasteiger partial charge in [0, 0.05) is 10.6 Å².